The van der Waals surface area contributed by atoms with Crippen LogP contribution in [0.15, 0.2) is 36.4 Å². The molecule has 26 heavy (non-hydrogen) atoms. The van der Waals surface area contributed by atoms with Gasteiger partial charge in [0.05, 0.1) is 20.8 Å². The Bertz CT molecular complexity index is 829. The van der Waals surface area contributed by atoms with E-state index < -0.39 is 5.92 Å². The Morgan fingerprint density at radius 3 is 2.38 bits per heavy atom. The van der Waals surface area contributed by atoms with Crippen molar-refractivity contribution in [2.24, 2.45) is 5.92 Å². The largest absolute Gasteiger partial charge is 0.494 e. The second kappa shape index (κ2) is 7.47. The molecular weight excluding hydrogens is 334 g/mol. The smallest absolute Gasteiger partial charge is 0.235 e. The van der Waals surface area contributed by atoms with Gasteiger partial charge in [0.2, 0.25) is 5.91 Å². The van der Waals surface area contributed by atoms with Crippen molar-refractivity contribution in [1.29, 1.82) is 0 Å². The SMILES string of the molecule is CCOc1ccc(NC(=O)C2Cc3cc(OC)c(OC)cc3C2=O)cc1. The molecule has 3 rings (SSSR count). The molecular formula is C20H21NO5. The van der Waals surface area contributed by atoms with Crippen molar-refractivity contribution in [2.75, 3.05) is 26.1 Å². The number of hydrogen-bond donors (Lipinski definition) is 1. The Labute approximate surface area is 152 Å². The predicted molar refractivity (Wildman–Crippen MR) is 97.3 cm³/mol. The molecule has 136 valence electrons. The Kier molecular flexibility index (Phi) is 5.11. The van der Waals surface area contributed by atoms with Gasteiger partial charge in [0.1, 0.15) is 11.7 Å². The molecule has 0 saturated heterocycles. The second-order valence-corrected chi connectivity index (χ2v) is 5.93. The van der Waals surface area contributed by atoms with Gasteiger partial charge in [0.25, 0.3) is 0 Å². The Balaban J connectivity index is 1.75. The number of amides is 1. The lowest BCUT2D eigenvalue weighted by Crippen LogP contribution is -2.27. The summed E-state index contributed by atoms with van der Waals surface area (Å²) < 4.78 is 15.9. The lowest BCUT2D eigenvalue weighted by atomic mass is 10.0. The molecule has 6 heteroatoms. The van der Waals surface area contributed by atoms with E-state index in [-0.39, 0.29) is 11.7 Å². The number of carbonyl (C=O) groups is 2. The Morgan fingerprint density at radius 1 is 1.12 bits per heavy atom. The van der Waals surface area contributed by atoms with Gasteiger partial charge in [-0.1, -0.05) is 0 Å². The van der Waals surface area contributed by atoms with Crippen LogP contribution >= 0.6 is 0 Å². The first-order chi connectivity index (χ1) is 12.6. The van der Waals surface area contributed by atoms with Gasteiger partial charge in [0.15, 0.2) is 17.3 Å². The minimum Gasteiger partial charge on any atom is -0.494 e. The minimum absolute atomic E-state index is 0.204. The van der Waals surface area contributed by atoms with Crippen LogP contribution in [0.5, 0.6) is 17.2 Å². The maximum atomic E-state index is 12.7. The van der Waals surface area contributed by atoms with Crippen LogP contribution in [0.25, 0.3) is 0 Å². The van der Waals surface area contributed by atoms with Crippen LogP contribution in [-0.4, -0.2) is 32.5 Å². The summed E-state index contributed by atoms with van der Waals surface area (Å²) in [7, 11) is 3.05. The molecule has 0 radical (unpaired) electrons. The molecule has 0 heterocycles. The van der Waals surface area contributed by atoms with E-state index in [1.165, 1.54) is 14.2 Å². The second-order valence-electron chi connectivity index (χ2n) is 5.93. The summed E-state index contributed by atoms with van der Waals surface area (Å²) in [4.78, 5) is 25.2. The Morgan fingerprint density at radius 2 is 1.77 bits per heavy atom. The third-order valence-electron chi connectivity index (χ3n) is 4.36. The number of rotatable bonds is 6. The molecule has 1 aliphatic rings. The zero-order chi connectivity index (χ0) is 18.7. The van der Waals surface area contributed by atoms with E-state index in [2.05, 4.69) is 5.32 Å². The molecule has 0 fully saturated rings. The predicted octanol–water partition coefficient (Wildman–Crippen LogP) is 3.10. The van der Waals surface area contributed by atoms with E-state index >= 15 is 0 Å². The molecule has 2 aromatic rings. The molecule has 1 atom stereocenters. The molecule has 1 unspecified atom stereocenters. The topological polar surface area (TPSA) is 73.9 Å². The minimum atomic E-state index is -0.756. The molecule has 1 N–H and O–H groups in total. The molecule has 1 amide bonds. The average Bonchev–Trinajstić information content (AvgIpc) is 2.98. The molecule has 0 saturated carbocycles. The molecule has 2 aromatic carbocycles. The quantitative estimate of drug-likeness (QED) is 0.806. The van der Waals surface area contributed by atoms with Gasteiger partial charge >= 0.3 is 0 Å². The van der Waals surface area contributed by atoms with Gasteiger partial charge in [-0.3, -0.25) is 9.59 Å². The maximum Gasteiger partial charge on any atom is 0.235 e. The fraction of sp³-hybridized carbons (Fsp3) is 0.300. The van der Waals surface area contributed by atoms with Crippen LogP contribution in [0, 0.1) is 5.92 Å². The number of benzene rings is 2. The van der Waals surface area contributed by atoms with Crippen molar-refractivity contribution < 1.29 is 23.8 Å². The first-order valence-corrected chi connectivity index (χ1v) is 8.40. The maximum absolute atomic E-state index is 12.7. The third-order valence-corrected chi connectivity index (χ3v) is 4.36. The third kappa shape index (κ3) is 3.35. The number of nitrogens with one attached hydrogen (secondary N) is 1. The monoisotopic (exact) mass is 355 g/mol. The number of carbonyl (C=O) groups excluding carboxylic acids is 2. The highest BCUT2D eigenvalue weighted by Crippen LogP contribution is 2.37. The van der Waals surface area contributed by atoms with Crippen molar-refractivity contribution in [1.82, 2.24) is 0 Å². The first-order valence-electron chi connectivity index (χ1n) is 8.40. The normalized spacial score (nSPS) is 15.3. The number of ketones is 1. The van der Waals surface area contributed by atoms with Gasteiger partial charge in [-0.25, -0.2) is 0 Å². The van der Waals surface area contributed by atoms with E-state index in [0.717, 1.165) is 11.3 Å². The molecule has 0 spiro atoms. The summed E-state index contributed by atoms with van der Waals surface area (Å²) in [5, 5.41) is 2.80. The van der Waals surface area contributed by atoms with Crippen molar-refractivity contribution in [2.45, 2.75) is 13.3 Å². The van der Waals surface area contributed by atoms with Gasteiger partial charge in [-0.2, -0.15) is 0 Å². The fourth-order valence-electron chi connectivity index (χ4n) is 3.06. The number of Topliss-reactive ketones (excluding diaryl/α,β-unsaturated/α-hetero) is 1. The van der Waals surface area contributed by atoms with Crippen molar-refractivity contribution in [3.8, 4) is 17.2 Å². The highest BCUT2D eigenvalue weighted by molar-refractivity contribution is 6.16. The fourth-order valence-corrected chi connectivity index (χ4v) is 3.06. The summed E-state index contributed by atoms with van der Waals surface area (Å²) in [5.41, 5.74) is 1.92. The first kappa shape index (κ1) is 17.8. The zero-order valence-electron chi connectivity index (χ0n) is 15.0. The molecule has 6 nitrogen and oxygen atoms in total. The standard InChI is InChI=1S/C20H21NO5/c1-4-26-14-7-5-13(6-8-14)21-20(23)16-9-12-10-17(24-2)18(25-3)11-15(12)19(16)22/h5-8,10-11,16H,4,9H2,1-3H3,(H,21,23). The Hall–Kier alpha value is -3.02. The zero-order valence-corrected chi connectivity index (χ0v) is 15.0. The van der Waals surface area contributed by atoms with Crippen molar-refractivity contribution >= 4 is 17.4 Å². The molecule has 0 bridgehead atoms. The van der Waals surface area contributed by atoms with E-state index in [1.807, 2.05) is 6.92 Å². The van der Waals surface area contributed by atoms with Gasteiger partial charge in [0, 0.05) is 11.3 Å². The number of methoxy groups -OCH3 is 2. The summed E-state index contributed by atoms with van der Waals surface area (Å²) >= 11 is 0. The number of fused-ring (bicyclic) bond motifs is 1. The van der Waals surface area contributed by atoms with Crippen LogP contribution in [-0.2, 0) is 11.2 Å². The lowest BCUT2D eigenvalue weighted by molar-refractivity contribution is -0.118. The average molecular weight is 355 g/mol. The number of hydrogen-bond acceptors (Lipinski definition) is 5. The van der Waals surface area contributed by atoms with E-state index in [4.69, 9.17) is 14.2 Å². The van der Waals surface area contributed by atoms with E-state index in [1.54, 1.807) is 36.4 Å². The number of anilines is 1. The van der Waals surface area contributed by atoms with Crippen LogP contribution in [0.2, 0.25) is 0 Å². The van der Waals surface area contributed by atoms with Gasteiger partial charge < -0.3 is 19.5 Å². The van der Waals surface area contributed by atoms with Gasteiger partial charge in [-0.15, -0.1) is 0 Å². The lowest BCUT2D eigenvalue weighted by Gasteiger charge is -2.10. The van der Waals surface area contributed by atoms with E-state index in [9.17, 15) is 9.59 Å². The van der Waals surface area contributed by atoms with Crippen LogP contribution in [0.3, 0.4) is 0 Å². The highest BCUT2D eigenvalue weighted by Gasteiger charge is 2.37. The van der Waals surface area contributed by atoms with Crippen molar-refractivity contribution in [3.05, 3.63) is 47.5 Å². The van der Waals surface area contributed by atoms with E-state index in [0.29, 0.717) is 35.8 Å². The van der Waals surface area contributed by atoms with Gasteiger partial charge in [-0.05, 0) is 55.3 Å². The summed E-state index contributed by atoms with van der Waals surface area (Å²) in [6, 6.07) is 10.5. The molecule has 1 aliphatic carbocycles. The van der Waals surface area contributed by atoms with Crippen LogP contribution in [0.1, 0.15) is 22.8 Å². The summed E-state index contributed by atoms with van der Waals surface area (Å²) in [6.07, 6.45) is 0.345. The summed E-state index contributed by atoms with van der Waals surface area (Å²) in [6.45, 7) is 2.48. The summed E-state index contributed by atoms with van der Waals surface area (Å²) in [5.74, 6) is 0.471. The van der Waals surface area contributed by atoms with Crippen molar-refractivity contribution in [3.63, 3.8) is 0 Å². The highest BCUT2D eigenvalue weighted by atomic mass is 16.5. The number of ether oxygens (including phenoxy) is 3. The molecule has 0 aromatic heterocycles. The van der Waals surface area contributed by atoms with Crippen LogP contribution < -0.4 is 19.5 Å². The molecule has 0 aliphatic heterocycles. The van der Waals surface area contributed by atoms with Crippen LogP contribution in [0.4, 0.5) is 5.69 Å².